The van der Waals surface area contributed by atoms with E-state index in [1.807, 2.05) is 11.8 Å². The number of fused-ring (bicyclic) bond motifs is 1. The molecule has 0 aliphatic heterocycles. The zero-order valence-electron chi connectivity index (χ0n) is 12.2. The number of aliphatic hydroxyl groups is 1. The van der Waals surface area contributed by atoms with Gasteiger partial charge in [-0.05, 0) is 35.1 Å². The molecule has 108 valence electrons. The highest BCUT2D eigenvalue weighted by Gasteiger charge is 2.08. The highest BCUT2D eigenvalue weighted by atomic mass is 32.2. The molecule has 2 rings (SSSR count). The van der Waals surface area contributed by atoms with E-state index >= 15 is 0 Å². The Hall–Kier alpha value is -1.03. The van der Waals surface area contributed by atoms with Crippen LogP contribution in [-0.2, 0) is 0 Å². The molecule has 0 amide bonds. The van der Waals surface area contributed by atoms with Gasteiger partial charge in [-0.1, -0.05) is 44.2 Å². The van der Waals surface area contributed by atoms with E-state index in [1.165, 1.54) is 15.7 Å². The molecule has 0 aliphatic carbocycles. The molecule has 1 unspecified atom stereocenters. The molecule has 2 N–H and O–H groups in total. The van der Waals surface area contributed by atoms with E-state index < -0.39 is 0 Å². The van der Waals surface area contributed by atoms with Crippen LogP contribution in [0.2, 0.25) is 0 Å². The molecule has 0 heterocycles. The zero-order chi connectivity index (χ0) is 14.4. The summed E-state index contributed by atoms with van der Waals surface area (Å²) in [5, 5.41) is 15.3. The Morgan fingerprint density at radius 1 is 1.10 bits per heavy atom. The molecule has 0 fully saturated rings. The van der Waals surface area contributed by atoms with Gasteiger partial charge in [0.05, 0.1) is 6.61 Å². The Labute approximate surface area is 125 Å². The van der Waals surface area contributed by atoms with E-state index in [0.717, 1.165) is 12.2 Å². The Morgan fingerprint density at radius 3 is 2.55 bits per heavy atom. The van der Waals surface area contributed by atoms with E-state index in [9.17, 15) is 5.11 Å². The summed E-state index contributed by atoms with van der Waals surface area (Å²) in [6.07, 6.45) is 0.978. The van der Waals surface area contributed by atoms with E-state index in [-0.39, 0.29) is 12.6 Å². The number of hydrogen-bond donors (Lipinski definition) is 2. The van der Waals surface area contributed by atoms with E-state index in [2.05, 4.69) is 61.6 Å². The lowest BCUT2D eigenvalue weighted by Crippen LogP contribution is -2.37. The number of rotatable bonds is 7. The average molecular weight is 289 g/mol. The summed E-state index contributed by atoms with van der Waals surface area (Å²) in [5.74, 6) is 1.02. The quantitative estimate of drug-likeness (QED) is 0.763. The number of nitrogens with one attached hydrogen (secondary N) is 1. The number of thioether (sulfide) groups is 1. The first-order chi connectivity index (χ1) is 9.69. The Balaban J connectivity index is 1.89. The SMILES string of the molecule is CC(C)NC(CO)CCSc1ccc2ccccc2c1. The van der Waals surface area contributed by atoms with Gasteiger partial charge in [0.1, 0.15) is 0 Å². The maximum Gasteiger partial charge on any atom is 0.0585 e. The third-order valence-electron chi connectivity index (χ3n) is 3.25. The van der Waals surface area contributed by atoms with Crippen LogP contribution in [0.5, 0.6) is 0 Å². The van der Waals surface area contributed by atoms with Gasteiger partial charge in [-0.2, -0.15) is 0 Å². The Bertz CT molecular complexity index is 541. The van der Waals surface area contributed by atoms with E-state index in [4.69, 9.17) is 0 Å². The molecular formula is C17H23NOS. The largest absolute Gasteiger partial charge is 0.395 e. The van der Waals surface area contributed by atoms with Crippen LogP contribution >= 0.6 is 11.8 Å². The molecule has 2 aromatic carbocycles. The van der Waals surface area contributed by atoms with E-state index in [0.29, 0.717) is 6.04 Å². The van der Waals surface area contributed by atoms with Gasteiger partial charge in [-0.3, -0.25) is 0 Å². The van der Waals surface area contributed by atoms with Gasteiger partial charge < -0.3 is 10.4 Å². The zero-order valence-corrected chi connectivity index (χ0v) is 13.0. The standard InChI is InChI=1S/C17H23NOS/c1-13(2)18-16(12-19)9-10-20-17-8-7-14-5-3-4-6-15(14)11-17/h3-8,11,13,16,18-19H,9-10,12H2,1-2H3. The van der Waals surface area contributed by atoms with Crippen LogP contribution in [-0.4, -0.2) is 29.5 Å². The molecule has 20 heavy (non-hydrogen) atoms. The minimum atomic E-state index is 0.197. The highest BCUT2D eigenvalue weighted by Crippen LogP contribution is 2.24. The van der Waals surface area contributed by atoms with Crippen molar-refractivity contribution in [2.75, 3.05) is 12.4 Å². The van der Waals surface area contributed by atoms with Crippen molar-refractivity contribution < 1.29 is 5.11 Å². The lowest BCUT2D eigenvalue weighted by molar-refractivity contribution is 0.232. The fraction of sp³-hybridized carbons (Fsp3) is 0.412. The third kappa shape index (κ3) is 4.51. The summed E-state index contributed by atoms with van der Waals surface area (Å²) in [6.45, 7) is 4.43. The summed E-state index contributed by atoms with van der Waals surface area (Å²) in [7, 11) is 0. The molecule has 0 saturated heterocycles. The normalized spacial score (nSPS) is 13.0. The van der Waals surface area contributed by atoms with Crippen molar-refractivity contribution in [2.24, 2.45) is 0 Å². The van der Waals surface area contributed by atoms with Crippen molar-refractivity contribution in [3.63, 3.8) is 0 Å². The second-order valence-corrected chi connectivity index (χ2v) is 6.52. The van der Waals surface area contributed by atoms with Gasteiger partial charge in [0.15, 0.2) is 0 Å². The monoisotopic (exact) mass is 289 g/mol. The summed E-state index contributed by atoms with van der Waals surface area (Å²) in [6, 6.07) is 15.6. The maximum absolute atomic E-state index is 9.34. The molecule has 0 aliphatic rings. The van der Waals surface area contributed by atoms with Crippen molar-refractivity contribution in [2.45, 2.75) is 37.2 Å². The predicted octanol–water partition coefficient (Wildman–Crippen LogP) is 3.68. The van der Waals surface area contributed by atoms with Gasteiger partial charge in [0.2, 0.25) is 0 Å². The molecule has 3 heteroatoms. The third-order valence-corrected chi connectivity index (χ3v) is 4.27. The van der Waals surface area contributed by atoms with Crippen molar-refractivity contribution in [1.29, 1.82) is 0 Å². The molecule has 0 aromatic heterocycles. The molecule has 0 saturated carbocycles. The second kappa shape index (κ2) is 7.67. The lowest BCUT2D eigenvalue weighted by Gasteiger charge is -2.18. The molecule has 2 nitrogen and oxygen atoms in total. The fourth-order valence-corrected chi connectivity index (χ4v) is 3.29. The average Bonchev–Trinajstić information content (AvgIpc) is 2.45. The van der Waals surface area contributed by atoms with Crippen LogP contribution in [0.4, 0.5) is 0 Å². The Kier molecular flexibility index (Phi) is 5.89. The number of benzene rings is 2. The second-order valence-electron chi connectivity index (χ2n) is 5.35. The van der Waals surface area contributed by atoms with Crippen LogP contribution in [0.1, 0.15) is 20.3 Å². The van der Waals surface area contributed by atoms with E-state index in [1.54, 1.807) is 0 Å². The summed E-state index contributed by atoms with van der Waals surface area (Å²) < 4.78 is 0. The topological polar surface area (TPSA) is 32.3 Å². The smallest absolute Gasteiger partial charge is 0.0585 e. The van der Waals surface area contributed by atoms with Crippen LogP contribution in [0.15, 0.2) is 47.4 Å². The van der Waals surface area contributed by atoms with Crippen LogP contribution in [0.25, 0.3) is 10.8 Å². The van der Waals surface area contributed by atoms with Crippen molar-refractivity contribution in [1.82, 2.24) is 5.32 Å². The van der Waals surface area contributed by atoms with Gasteiger partial charge in [0, 0.05) is 17.0 Å². The summed E-state index contributed by atoms with van der Waals surface area (Å²) in [4.78, 5) is 1.30. The molecule has 0 spiro atoms. The highest BCUT2D eigenvalue weighted by molar-refractivity contribution is 7.99. The molecular weight excluding hydrogens is 266 g/mol. The summed E-state index contributed by atoms with van der Waals surface area (Å²) in [5.41, 5.74) is 0. The number of aliphatic hydroxyl groups excluding tert-OH is 1. The minimum absolute atomic E-state index is 0.197. The molecule has 2 aromatic rings. The predicted molar refractivity (Wildman–Crippen MR) is 88.4 cm³/mol. The first-order valence-corrected chi connectivity index (χ1v) is 8.16. The van der Waals surface area contributed by atoms with Gasteiger partial charge in [0.25, 0.3) is 0 Å². The maximum atomic E-state index is 9.34. The minimum Gasteiger partial charge on any atom is -0.395 e. The summed E-state index contributed by atoms with van der Waals surface area (Å²) >= 11 is 1.85. The van der Waals surface area contributed by atoms with Gasteiger partial charge >= 0.3 is 0 Å². The van der Waals surface area contributed by atoms with Crippen LogP contribution in [0, 0.1) is 0 Å². The lowest BCUT2D eigenvalue weighted by atomic mass is 10.1. The van der Waals surface area contributed by atoms with Crippen molar-refractivity contribution >= 4 is 22.5 Å². The van der Waals surface area contributed by atoms with Crippen molar-refractivity contribution in [3.05, 3.63) is 42.5 Å². The van der Waals surface area contributed by atoms with Crippen molar-refractivity contribution in [3.8, 4) is 0 Å². The Morgan fingerprint density at radius 2 is 1.85 bits per heavy atom. The first-order valence-electron chi connectivity index (χ1n) is 7.17. The van der Waals surface area contributed by atoms with Crippen LogP contribution in [0.3, 0.4) is 0 Å². The first kappa shape index (κ1) is 15.4. The molecule has 0 bridgehead atoms. The van der Waals surface area contributed by atoms with Gasteiger partial charge in [-0.25, -0.2) is 0 Å². The molecule has 1 atom stereocenters. The van der Waals surface area contributed by atoms with Crippen LogP contribution < -0.4 is 5.32 Å². The number of hydrogen-bond acceptors (Lipinski definition) is 3. The van der Waals surface area contributed by atoms with Gasteiger partial charge in [-0.15, -0.1) is 11.8 Å². The molecule has 0 radical (unpaired) electrons. The fourth-order valence-electron chi connectivity index (χ4n) is 2.27.